The number of carbonyl (C=O) groups is 2. The molecule has 0 spiro atoms. The van der Waals surface area contributed by atoms with Crippen molar-refractivity contribution in [3.8, 4) is 0 Å². The van der Waals surface area contributed by atoms with Crippen molar-refractivity contribution in [1.82, 2.24) is 9.88 Å². The molecule has 6 heteroatoms. The predicted octanol–water partition coefficient (Wildman–Crippen LogP) is 7.03. The van der Waals surface area contributed by atoms with Crippen molar-refractivity contribution in [2.24, 2.45) is 0 Å². The van der Waals surface area contributed by atoms with Gasteiger partial charge in [-0.05, 0) is 86.0 Å². The van der Waals surface area contributed by atoms with E-state index in [0.29, 0.717) is 22.5 Å². The summed E-state index contributed by atoms with van der Waals surface area (Å²) in [6.07, 6.45) is 2.46. The molecule has 41 heavy (non-hydrogen) atoms. The number of benzene rings is 4. The third-order valence-electron chi connectivity index (χ3n) is 7.29. The van der Waals surface area contributed by atoms with E-state index in [1.54, 1.807) is 36.5 Å². The molecule has 0 saturated carbocycles. The minimum absolute atomic E-state index is 0.293. The van der Waals surface area contributed by atoms with Crippen molar-refractivity contribution in [3.63, 3.8) is 0 Å². The highest BCUT2D eigenvalue weighted by molar-refractivity contribution is 6.13. The van der Waals surface area contributed by atoms with E-state index in [1.165, 1.54) is 22.3 Å². The van der Waals surface area contributed by atoms with Crippen LogP contribution in [0.15, 0.2) is 103 Å². The van der Waals surface area contributed by atoms with Gasteiger partial charge in [0.1, 0.15) is 0 Å². The standard InChI is InChI=1S/C35H34N4O2/c1-24-12-13-27(20-25(24)2)23-39(3)19-18-26-14-16-30(17-15-26)37-35(41)31-9-5-7-11-33(31)38-34(40)29-21-28-8-4-6-10-32(28)36-22-29/h4-17,20-22H,18-19,23H2,1-3H3,(H,37,41)(H,38,40). The number of hydrogen-bond donors (Lipinski definition) is 2. The van der Waals surface area contributed by atoms with Gasteiger partial charge in [-0.25, -0.2) is 0 Å². The molecule has 2 N–H and O–H groups in total. The van der Waals surface area contributed by atoms with Crippen LogP contribution in [0.1, 0.15) is 43.0 Å². The Hall–Kier alpha value is -4.81. The molecule has 0 aliphatic rings. The van der Waals surface area contributed by atoms with Crippen LogP contribution in [0.25, 0.3) is 10.9 Å². The van der Waals surface area contributed by atoms with Gasteiger partial charge in [0.05, 0.1) is 22.3 Å². The molecule has 6 nitrogen and oxygen atoms in total. The van der Waals surface area contributed by atoms with Crippen molar-refractivity contribution in [1.29, 1.82) is 0 Å². The Morgan fingerprint density at radius 3 is 2.29 bits per heavy atom. The van der Waals surface area contributed by atoms with E-state index >= 15 is 0 Å². The Morgan fingerprint density at radius 2 is 1.49 bits per heavy atom. The molecule has 0 atom stereocenters. The van der Waals surface area contributed by atoms with Gasteiger partial charge < -0.3 is 15.5 Å². The third-order valence-corrected chi connectivity index (χ3v) is 7.29. The number of carbonyl (C=O) groups excluding carboxylic acids is 2. The van der Waals surface area contributed by atoms with Crippen molar-refractivity contribution < 1.29 is 9.59 Å². The van der Waals surface area contributed by atoms with Crippen LogP contribution in [-0.2, 0) is 13.0 Å². The highest BCUT2D eigenvalue weighted by Crippen LogP contribution is 2.20. The highest BCUT2D eigenvalue weighted by atomic mass is 16.2. The van der Waals surface area contributed by atoms with Gasteiger partial charge in [-0.2, -0.15) is 0 Å². The van der Waals surface area contributed by atoms with Crippen LogP contribution < -0.4 is 10.6 Å². The quantitative estimate of drug-likeness (QED) is 0.210. The second-order valence-corrected chi connectivity index (χ2v) is 10.5. The molecule has 5 rings (SSSR count). The van der Waals surface area contributed by atoms with E-state index in [1.807, 2.05) is 48.5 Å². The van der Waals surface area contributed by atoms with Crippen LogP contribution >= 0.6 is 0 Å². The van der Waals surface area contributed by atoms with Crippen LogP contribution in [0.5, 0.6) is 0 Å². The fourth-order valence-corrected chi connectivity index (χ4v) is 4.75. The van der Waals surface area contributed by atoms with Gasteiger partial charge in [0, 0.05) is 30.4 Å². The summed E-state index contributed by atoms with van der Waals surface area (Å²) in [7, 11) is 2.14. The fourth-order valence-electron chi connectivity index (χ4n) is 4.75. The van der Waals surface area contributed by atoms with Crippen molar-refractivity contribution in [2.45, 2.75) is 26.8 Å². The lowest BCUT2D eigenvalue weighted by atomic mass is 10.1. The van der Waals surface area contributed by atoms with Crippen LogP contribution in [0, 0.1) is 13.8 Å². The monoisotopic (exact) mass is 542 g/mol. The zero-order chi connectivity index (χ0) is 28.8. The first-order valence-corrected chi connectivity index (χ1v) is 13.8. The average Bonchev–Trinajstić information content (AvgIpc) is 2.98. The van der Waals surface area contributed by atoms with Crippen molar-refractivity contribution >= 4 is 34.1 Å². The van der Waals surface area contributed by atoms with E-state index in [4.69, 9.17) is 0 Å². The summed E-state index contributed by atoms with van der Waals surface area (Å²) in [6, 6.07) is 31.0. The van der Waals surface area contributed by atoms with Gasteiger partial charge in [0.2, 0.25) is 0 Å². The first-order chi connectivity index (χ1) is 19.9. The Balaban J connectivity index is 1.18. The Kier molecular flexibility index (Phi) is 8.51. The van der Waals surface area contributed by atoms with Crippen LogP contribution in [-0.4, -0.2) is 35.3 Å². The highest BCUT2D eigenvalue weighted by Gasteiger charge is 2.15. The molecule has 0 unspecified atom stereocenters. The fraction of sp³-hybridized carbons (Fsp3) is 0.171. The van der Waals surface area contributed by atoms with Crippen LogP contribution in [0.3, 0.4) is 0 Å². The maximum atomic E-state index is 13.2. The number of aryl methyl sites for hydroxylation is 2. The summed E-state index contributed by atoms with van der Waals surface area (Å²) < 4.78 is 0. The summed E-state index contributed by atoms with van der Waals surface area (Å²) in [6.45, 7) is 6.12. The number of para-hydroxylation sites is 2. The van der Waals surface area contributed by atoms with E-state index < -0.39 is 0 Å². The molecule has 206 valence electrons. The zero-order valence-corrected chi connectivity index (χ0v) is 23.6. The third kappa shape index (κ3) is 7.04. The average molecular weight is 543 g/mol. The molecular formula is C35H34N4O2. The number of likely N-dealkylation sites (N-methyl/N-ethyl adjacent to an activating group) is 1. The van der Waals surface area contributed by atoms with Gasteiger partial charge in [-0.3, -0.25) is 14.6 Å². The normalized spacial score (nSPS) is 11.0. The Morgan fingerprint density at radius 1 is 0.756 bits per heavy atom. The minimum atomic E-state index is -0.324. The van der Waals surface area contributed by atoms with Gasteiger partial charge in [0.25, 0.3) is 11.8 Å². The van der Waals surface area contributed by atoms with Gasteiger partial charge >= 0.3 is 0 Å². The molecule has 0 bridgehead atoms. The molecule has 2 amide bonds. The van der Waals surface area contributed by atoms with E-state index in [0.717, 1.165) is 30.4 Å². The molecule has 0 radical (unpaired) electrons. The number of hydrogen-bond acceptors (Lipinski definition) is 4. The molecule has 0 aliphatic heterocycles. The maximum absolute atomic E-state index is 13.2. The molecule has 0 saturated heterocycles. The number of nitrogens with one attached hydrogen (secondary N) is 2. The maximum Gasteiger partial charge on any atom is 0.257 e. The minimum Gasteiger partial charge on any atom is -0.322 e. The summed E-state index contributed by atoms with van der Waals surface area (Å²) in [5.41, 5.74) is 7.91. The van der Waals surface area contributed by atoms with Crippen LogP contribution in [0.4, 0.5) is 11.4 Å². The largest absolute Gasteiger partial charge is 0.322 e. The predicted molar refractivity (Wildman–Crippen MR) is 166 cm³/mol. The van der Waals surface area contributed by atoms with E-state index in [-0.39, 0.29) is 11.8 Å². The zero-order valence-electron chi connectivity index (χ0n) is 23.6. The summed E-state index contributed by atoms with van der Waals surface area (Å²) in [5.74, 6) is -0.617. The molecule has 1 heterocycles. The van der Waals surface area contributed by atoms with Gasteiger partial charge in [-0.15, -0.1) is 0 Å². The molecule has 1 aromatic heterocycles. The van der Waals surface area contributed by atoms with Crippen molar-refractivity contribution in [2.75, 3.05) is 24.2 Å². The second-order valence-electron chi connectivity index (χ2n) is 10.5. The Bertz CT molecular complexity index is 1700. The Labute approximate surface area is 241 Å². The lowest BCUT2D eigenvalue weighted by molar-refractivity contribution is 0.102. The van der Waals surface area contributed by atoms with Crippen molar-refractivity contribution in [3.05, 3.63) is 137 Å². The topological polar surface area (TPSA) is 74.3 Å². The number of aromatic nitrogens is 1. The molecule has 4 aromatic carbocycles. The molecule has 5 aromatic rings. The number of pyridine rings is 1. The van der Waals surface area contributed by atoms with Gasteiger partial charge in [0.15, 0.2) is 0 Å². The number of rotatable bonds is 9. The molecule has 0 fully saturated rings. The first-order valence-electron chi connectivity index (χ1n) is 13.8. The molecule has 0 aliphatic carbocycles. The van der Waals surface area contributed by atoms with E-state index in [9.17, 15) is 9.59 Å². The SMILES string of the molecule is Cc1ccc(CN(C)CCc2ccc(NC(=O)c3ccccc3NC(=O)c3cnc4ccccc4c3)cc2)cc1C. The lowest BCUT2D eigenvalue weighted by Gasteiger charge is -2.17. The second kappa shape index (κ2) is 12.6. The number of anilines is 2. The number of nitrogens with zero attached hydrogens (tertiary/aromatic N) is 2. The lowest BCUT2D eigenvalue weighted by Crippen LogP contribution is -2.21. The number of amides is 2. The number of fused-ring (bicyclic) bond motifs is 1. The summed E-state index contributed by atoms with van der Waals surface area (Å²) in [5, 5.41) is 6.71. The molecular weight excluding hydrogens is 508 g/mol. The van der Waals surface area contributed by atoms with Crippen LogP contribution in [0.2, 0.25) is 0 Å². The summed E-state index contributed by atoms with van der Waals surface area (Å²) in [4.78, 5) is 32.8. The van der Waals surface area contributed by atoms with Gasteiger partial charge in [-0.1, -0.05) is 60.7 Å². The summed E-state index contributed by atoms with van der Waals surface area (Å²) >= 11 is 0. The first kappa shape index (κ1) is 27.7. The smallest absolute Gasteiger partial charge is 0.257 e. The van der Waals surface area contributed by atoms with E-state index in [2.05, 4.69) is 59.6 Å².